The van der Waals surface area contributed by atoms with Crippen LogP contribution in [-0.2, 0) is 0 Å². The minimum atomic E-state index is 0.938. The van der Waals surface area contributed by atoms with Crippen molar-refractivity contribution >= 4 is 233 Å². The van der Waals surface area contributed by atoms with Crippen LogP contribution < -0.4 is 0 Å². The van der Waals surface area contributed by atoms with Crippen LogP contribution in [0.3, 0.4) is 0 Å². The third-order valence-corrected chi connectivity index (χ3v) is 30.5. The Balaban J connectivity index is 0.000000100. The largest absolute Gasteiger partial charge is 0.309 e. The van der Waals surface area contributed by atoms with Crippen molar-refractivity contribution in [2.45, 2.75) is 0 Å². The van der Waals surface area contributed by atoms with Crippen LogP contribution in [0, 0.1) is 0 Å². The van der Waals surface area contributed by atoms with Gasteiger partial charge in [0.15, 0.2) is 0 Å². The SMILES string of the molecule is c1cc(-c2ccc3c(c2)c2nc4ccccc4cc2c2nc4ccccc4n32)cc(-c2cccc3c2sc2ccccc23)c1.c1ccc(-n2c3ccccc3c3cc(-c4ccc(-c5ccc6c(c5)c5nc7ccccc7cc5c5nc7ccccc7n65)cc4)ccc32)cc1.c1ccc2nc3c4cc(-c5ccc(-c6ccc7sc8ccccc8c7c6)cc5)ccc4n4c5ccccc5nc4c3cc2c1. The zero-order valence-corrected chi connectivity index (χ0v) is 75.6. The second kappa shape index (κ2) is 30.8. The van der Waals surface area contributed by atoms with Gasteiger partial charge >= 0.3 is 0 Å². The van der Waals surface area contributed by atoms with E-state index in [1.54, 1.807) is 0 Å². The van der Waals surface area contributed by atoms with E-state index in [-0.39, 0.29) is 0 Å². The molecule has 0 amide bonds. The third kappa shape index (κ3) is 12.3. The smallest absolute Gasteiger partial charge is 0.147 e. The normalized spacial score (nSPS) is 12.1. The monoisotopic (exact) mass is 1790 g/mol. The topological polar surface area (TPSA) is 95.5 Å². The van der Waals surface area contributed by atoms with Gasteiger partial charge in [0.05, 0.1) is 93.8 Å². The molecule has 31 aromatic rings. The molecule has 0 aliphatic heterocycles. The molecular weight excluding hydrogens is 1720 g/mol. The number of nitrogens with zero attached hydrogens (tertiary/aromatic N) is 10. The summed E-state index contributed by atoms with van der Waals surface area (Å²) in [7, 11) is 0. The van der Waals surface area contributed by atoms with Gasteiger partial charge in [0.25, 0.3) is 0 Å². The molecule has 12 heteroatoms. The van der Waals surface area contributed by atoms with Crippen LogP contribution in [0.2, 0.25) is 0 Å². The number of imidazole rings is 3. The Hall–Kier alpha value is -17.9. The Morgan fingerprint density at radius 3 is 0.978 bits per heavy atom. The summed E-state index contributed by atoms with van der Waals surface area (Å²) in [5.41, 5.74) is 36.3. The van der Waals surface area contributed by atoms with Crippen molar-refractivity contribution in [3.8, 4) is 72.4 Å². The first-order valence-corrected chi connectivity index (χ1v) is 48.3. The molecule has 0 radical (unpaired) electrons. The van der Waals surface area contributed by atoms with Gasteiger partial charge in [-0.3, -0.25) is 13.2 Å². The van der Waals surface area contributed by atoms with Crippen LogP contribution in [0.15, 0.2) is 449 Å². The van der Waals surface area contributed by atoms with Crippen molar-refractivity contribution in [3.63, 3.8) is 0 Å². The molecular formula is C126H74N10S2. The van der Waals surface area contributed by atoms with E-state index >= 15 is 0 Å². The van der Waals surface area contributed by atoms with Gasteiger partial charge in [0, 0.05) is 105 Å². The van der Waals surface area contributed by atoms with Gasteiger partial charge in [0.1, 0.15) is 16.9 Å². The summed E-state index contributed by atoms with van der Waals surface area (Å²) in [6.07, 6.45) is 0. The molecule has 31 rings (SSSR count). The Labute approximate surface area is 796 Å². The molecule has 0 unspecified atom stereocenters. The number of para-hydroxylation sites is 11. The van der Waals surface area contributed by atoms with Crippen LogP contribution in [0.4, 0.5) is 0 Å². The van der Waals surface area contributed by atoms with Crippen molar-refractivity contribution in [1.29, 1.82) is 0 Å². The molecule has 0 atom stereocenters. The number of pyridine rings is 6. The molecule has 138 heavy (non-hydrogen) atoms. The highest BCUT2D eigenvalue weighted by Crippen LogP contribution is 2.46. The molecule has 0 spiro atoms. The molecule has 0 aliphatic rings. The van der Waals surface area contributed by atoms with E-state index < -0.39 is 0 Å². The zero-order chi connectivity index (χ0) is 90.3. The minimum absolute atomic E-state index is 0.938. The molecule has 10 nitrogen and oxygen atoms in total. The first-order valence-electron chi connectivity index (χ1n) is 46.7. The predicted octanol–water partition coefficient (Wildman–Crippen LogP) is 33.9. The van der Waals surface area contributed by atoms with E-state index in [1.165, 1.54) is 129 Å². The van der Waals surface area contributed by atoms with Crippen LogP contribution >= 0.6 is 22.7 Å². The van der Waals surface area contributed by atoms with Gasteiger partial charge in [-0.05, 0) is 237 Å². The second-order valence-corrected chi connectivity index (χ2v) is 38.1. The van der Waals surface area contributed by atoms with Crippen molar-refractivity contribution in [3.05, 3.63) is 449 Å². The van der Waals surface area contributed by atoms with E-state index in [0.29, 0.717) is 0 Å². The van der Waals surface area contributed by atoms with Crippen LogP contribution in [0.1, 0.15) is 0 Å². The number of thiophene rings is 2. The number of fused-ring (bicyclic) bond motifs is 36. The molecule has 0 bridgehead atoms. The summed E-state index contributed by atoms with van der Waals surface area (Å²) in [5.74, 6) is 0. The first kappa shape index (κ1) is 77.6. The van der Waals surface area contributed by atoms with Gasteiger partial charge in [0.2, 0.25) is 0 Å². The van der Waals surface area contributed by atoms with E-state index in [1.807, 2.05) is 22.7 Å². The number of hydrogen-bond donors (Lipinski definition) is 0. The van der Waals surface area contributed by atoms with Crippen molar-refractivity contribution in [2.75, 3.05) is 0 Å². The third-order valence-electron chi connectivity index (χ3n) is 28.1. The van der Waals surface area contributed by atoms with E-state index in [0.717, 1.165) is 154 Å². The van der Waals surface area contributed by atoms with Crippen molar-refractivity contribution in [2.24, 2.45) is 0 Å². The predicted molar refractivity (Wildman–Crippen MR) is 582 cm³/mol. The highest BCUT2D eigenvalue weighted by Gasteiger charge is 2.24. The summed E-state index contributed by atoms with van der Waals surface area (Å²) in [6, 6.07) is 161. The van der Waals surface area contributed by atoms with Crippen LogP contribution in [-0.4, -0.2) is 47.7 Å². The summed E-state index contributed by atoms with van der Waals surface area (Å²) in [6.45, 7) is 0. The summed E-state index contributed by atoms with van der Waals surface area (Å²) < 4.78 is 14.6. The first-order chi connectivity index (χ1) is 68.4. The molecule has 0 aliphatic carbocycles. The van der Waals surface area contributed by atoms with Gasteiger partial charge in [-0.2, -0.15) is 0 Å². The molecule has 19 aromatic carbocycles. The van der Waals surface area contributed by atoms with Crippen molar-refractivity contribution in [1.82, 2.24) is 47.7 Å². The lowest BCUT2D eigenvalue weighted by molar-refractivity contribution is 1.18. The Bertz CT molecular complexity index is 10600. The molecule has 0 fully saturated rings. The molecule has 12 aromatic heterocycles. The Kier molecular flexibility index (Phi) is 17.3. The average Bonchev–Trinajstić information content (AvgIpc) is 1.45. The second-order valence-electron chi connectivity index (χ2n) is 36.0. The Morgan fingerprint density at radius 2 is 0.493 bits per heavy atom. The van der Waals surface area contributed by atoms with Crippen LogP contribution in [0.25, 0.3) is 283 Å². The molecule has 0 saturated heterocycles. The number of benzene rings is 19. The number of aromatic nitrogens is 10. The Morgan fingerprint density at radius 1 is 0.167 bits per heavy atom. The van der Waals surface area contributed by atoms with Crippen molar-refractivity contribution < 1.29 is 0 Å². The lowest BCUT2D eigenvalue weighted by atomic mass is 9.96. The summed E-state index contributed by atoms with van der Waals surface area (Å²) in [4.78, 5) is 30.9. The van der Waals surface area contributed by atoms with Gasteiger partial charge in [-0.25, -0.2) is 29.9 Å². The lowest BCUT2D eigenvalue weighted by Gasteiger charge is -2.12. The maximum Gasteiger partial charge on any atom is 0.147 e. The maximum atomic E-state index is 5.23. The van der Waals surface area contributed by atoms with E-state index in [2.05, 4.69) is 467 Å². The average molecular weight is 1790 g/mol. The fourth-order valence-electron chi connectivity index (χ4n) is 21.6. The molecule has 12 heterocycles. The minimum Gasteiger partial charge on any atom is -0.309 e. The van der Waals surface area contributed by atoms with E-state index in [4.69, 9.17) is 29.9 Å². The summed E-state index contributed by atoms with van der Waals surface area (Å²) >= 11 is 3.73. The van der Waals surface area contributed by atoms with Gasteiger partial charge < -0.3 is 4.57 Å². The van der Waals surface area contributed by atoms with Gasteiger partial charge in [-0.1, -0.05) is 279 Å². The standard InChI is InChI=1S/C46H28N4.2C40H23N3S/c1-2-11-34(12-3-1)49-41-16-8-5-13-35(41)36-26-31(22-24-42(36)49)29-18-20-30(21-19-29)32-23-25-43-37(27-32)45-38(28-33-10-4-6-14-39(33)47-45)46-48-40-15-7-9-17-44(40)50(43)46;1-3-15-33-27(9-1)23-32-38(41-33)31-22-25(19-20-35(31)43-36-17-5-4-16-34(36)42-40(32)43)24-10-7-11-26(21-24)28-13-8-14-30-29-12-2-6-18-37(29)44-39(28)30;1-3-9-33-28(7-1)23-32-39(41-33)31-22-26(17-19-35(31)43-36-11-5-4-10-34(36)42-40(32)43)24-13-15-25(16-14-24)27-18-20-38-30(21-27)29-8-2-6-12-37(29)44-38/h1-28H;2*1-23H. The van der Waals surface area contributed by atoms with E-state index in [9.17, 15) is 0 Å². The highest BCUT2D eigenvalue weighted by atomic mass is 32.1. The molecule has 0 saturated carbocycles. The zero-order valence-electron chi connectivity index (χ0n) is 74.0. The number of hydrogen-bond acceptors (Lipinski definition) is 8. The maximum absolute atomic E-state index is 5.23. The summed E-state index contributed by atoms with van der Waals surface area (Å²) in [5, 5.41) is 17.7. The van der Waals surface area contributed by atoms with Crippen LogP contribution in [0.5, 0.6) is 0 Å². The lowest BCUT2D eigenvalue weighted by Crippen LogP contribution is -1.94. The van der Waals surface area contributed by atoms with Gasteiger partial charge in [-0.15, -0.1) is 22.7 Å². The number of rotatable bonds is 7. The molecule has 640 valence electrons. The fourth-order valence-corrected chi connectivity index (χ4v) is 23.9. The fraction of sp³-hybridized carbons (Fsp3) is 0. The molecule has 0 N–H and O–H groups in total. The highest BCUT2D eigenvalue weighted by molar-refractivity contribution is 7.26. The quantitative estimate of drug-likeness (QED) is 0.117.